The smallest absolute Gasteiger partial charge is 0.0852 e. The second-order valence-electron chi connectivity index (χ2n) is 4.18. The number of benzene rings is 1. The van der Waals surface area contributed by atoms with Crippen LogP contribution in [0.2, 0.25) is 0 Å². The van der Waals surface area contributed by atoms with E-state index in [1.807, 2.05) is 54.9 Å². The molecule has 1 aromatic carbocycles. The van der Waals surface area contributed by atoms with E-state index < -0.39 is 0 Å². The van der Waals surface area contributed by atoms with Gasteiger partial charge in [0.1, 0.15) is 0 Å². The van der Waals surface area contributed by atoms with Crippen molar-refractivity contribution in [3.63, 3.8) is 0 Å². The third-order valence-electron chi connectivity index (χ3n) is 2.93. The van der Waals surface area contributed by atoms with Crippen LogP contribution in [0.15, 0.2) is 61.4 Å². The summed E-state index contributed by atoms with van der Waals surface area (Å²) in [6.45, 7) is 3.76. The lowest BCUT2D eigenvalue weighted by Gasteiger charge is -2.14. The average molecular weight is 258 g/mol. The zero-order valence-electron chi connectivity index (χ0n) is 10.2. The summed E-state index contributed by atoms with van der Waals surface area (Å²) in [5, 5.41) is -0.139. The van der Waals surface area contributed by atoms with Crippen LogP contribution in [0, 0.1) is 0 Å². The fourth-order valence-corrected chi connectivity index (χ4v) is 2.29. The summed E-state index contributed by atoms with van der Waals surface area (Å²) in [6.07, 6.45) is 7.52. The number of aromatic nitrogens is 1. The van der Waals surface area contributed by atoms with E-state index >= 15 is 0 Å². The van der Waals surface area contributed by atoms with Gasteiger partial charge in [-0.1, -0.05) is 36.4 Å². The Hall–Kier alpha value is -1.60. The molecule has 1 aromatic heterocycles. The van der Waals surface area contributed by atoms with Gasteiger partial charge in [-0.3, -0.25) is 4.98 Å². The number of allylic oxidation sites excluding steroid dienone is 1. The first kappa shape index (κ1) is 12.8. The second-order valence-corrected chi connectivity index (χ2v) is 4.61. The molecule has 92 valence electrons. The molecule has 1 atom stereocenters. The largest absolute Gasteiger partial charge is 0.264 e. The monoisotopic (exact) mass is 257 g/mol. The molecule has 2 heteroatoms. The van der Waals surface area contributed by atoms with Gasteiger partial charge in [-0.05, 0) is 35.6 Å². The Morgan fingerprint density at radius 3 is 2.72 bits per heavy atom. The summed E-state index contributed by atoms with van der Waals surface area (Å²) in [4.78, 5) is 4.19. The van der Waals surface area contributed by atoms with Gasteiger partial charge >= 0.3 is 0 Å². The van der Waals surface area contributed by atoms with E-state index in [-0.39, 0.29) is 5.38 Å². The van der Waals surface area contributed by atoms with Crippen LogP contribution in [-0.2, 0) is 6.42 Å². The van der Waals surface area contributed by atoms with Crippen LogP contribution >= 0.6 is 11.6 Å². The number of pyridine rings is 1. The molecule has 0 N–H and O–H groups in total. The lowest BCUT2D eigenvalue weighted by molar-refractivity contribution is 0.950. The molecule has 0 spiro atoms. The van der Waals surface area contributed by atoms with E-state index in [0.29, 0.717) is 0 Å². The molecule has 0 bridgehead atoms. The summed E-state index contributed by atoms with van der Waals surface area (Å²) in [5.74, 6) is 0. The standard InChI is InChI=1S/C16H16ClN/c1-2-3-7-13-10-11-18-12-15(13)16(17)14-8-5-4-6-9-14/h2,4-6,8-12,16H,1,3,7H2. The predicted molar refractivity (Wildman–Crippen MR) is 76.9 cm³/mol. The van der Waals surface area contributed by atoms with E-state index in [1.54, 1.807) is 0 Å². The van der Waals surface area contributed by atoms with Crippen molar-refractivity contribution in [3.05, 3.63) is 78.1 Å². The SMILES string of the molecule is C=CCCc1ccncc1C(Cl)c1ccccc1. The molecular formula is C16H16ClN. The van der Waals surface area contributed by atoms with Crippen molar-refractivity contribution in [2.45, 2.75) is 18.2 Å². The number of hydrogen-bond donors (Lipinski definition) is 0. The maximum Gasteiger partial charge on any atom is 0.0852 e. The van der Waals surface area contributed by atoms with E-state index in [4.69, 9.17) is 11.6 Å². The molecule has 0 saturated heterocycles. The van der Waals surface area contributed by atoms with Crippen LogP contribution in [0.5, 0.6) is 0 Å². The summed E-state index contributed by atoms with van der Waals surface area (Å²) >= 11 is 6.55. The van der Waals surface area contributed by atoms with Crippen LogP contribution < -0.4 is 0 Å². The summed E-state index contributed by atoms with van der Waals surface area (Å²) in [7, 11) is 0. The van der Waals surface area contributed by atoms with E-state index in [1.165, 1.54) is 5.56 Å². The maximum absolute atomic E-state index is 6.55. The van der Waals surface area contributed by atoms with Gasteiger partial charge in [0, 0.05) is 12.4 Å². The van der Waals surface area contributed by atoms with Crippen LogP contribution in [0.4, 0.5) is 0 Å². The quantitative estimate of drug-likeness (QED) is 0.567. The van der Waals surface area contributed by atoms with Gasteiger partial charge in [-0.15, -0.1) is 18.2 Å². The molecule has 0 aliphatic rings. The van der Waals surface area contributed by atoms with Gasteiger partial charge in [-0.2, -0.15) is 0 Å². The molecule has 0 fully saturated rings. The normalized spacial score (nSPS) is 12.1. The Morgan fingerprint density at radius 2 is 2.00 bits per heavy atom. The number of rotatable bonds is 5. The molecule has 0 saturated carbocycles. The minimum atomic E-state index is -0.139. The van der Waals surface area contributed by atoms with Gasteiger partial charge in [0.15, 0.2) is 0 Å². The minimum Gasteiger partial charge on any atom is -0.264 e. The number of nitrogens with zero attached hydrogens (tertiary/aromatic N) is 1. The zero-order chi connectivity index (χ0) is 12.8. The first-order valence-corrected chi connectivity index (χ1v) is 6.49. The van der Waals surface area contributed by atoms with Crippen molar-refractivity contribution in [3.8, 4) is 0 Å². The van der Waals surface area contributed by atoms with Crippen molar-refractivity contribution in [1.29, 1.82) is 0 Å². The van der Waals surface area contributed by atoms with Gasteiger partial charge in [0.25, 0.3) is 0 Å². The second kappa shape index (κ2) is 6.36. The summed E-state index contributed by atoms with van der Waals surface area (Å²) in [5.41, 5.74) is 3.44. The van der Waals surface area contributed by atoms with E-state index in [2.05, 4.69) is 11.6 Å². The number of aryl methyl sites for hydroxylation is 1. The minimum absolute atomic E-state index is 0.139. The van der Waals surface area contributed by atoms with Gasteiger partial charge in [-0.25, -0.2) is 0 Å². The Kier molecular flexibility index (Phi) is 4.54. The highest BCUT2D eigenvalue weighted by Crippen LogP contribution is 2.30. The molecule has 0 aliphatic heterocycles. The molecule has 0 aliphatic carbocycles. The van der Waals surface area contributed by atoms with E-state index in [0.717, 1.165) is 24.0 Å². The van der Waals surface area contributed by atoms with Crippen molar-refractivity contribution in [1.82, 2.24) is 4.98 Å². The third kappa shape index (κ3) is 2.99. The third-order valence-corrected chi connectivity index (χ3v) is 3.42. The molecule has 2 rings (SSSR count). The first-order valence-electron chi connectivity index (χ1n) is 6.05. The number of hydrogen-bond acceptors (Lipinski definition) is 1. The molecule has 0 radical (unpaired) electrons. The molecule has 1 heterocycles. The van der Waals surface area contributed by atoms with Crippen molar-refractivity contribution in [2.24, 2.45) is 0 Å². The van der Waals surface area contributed by atoms with Gasteiger partial charge < -0.3 is 0 Å². The number of halogens is 1. The summed E-state index contributed by atoms with van der Waals surface area (Å²) < 4.78 is 0. The molecule has 2 aromatic rings. The lowest BCUT2D eigenvalue weighted by atomic mass is 9.98. The van der Waals surface area contributed by atoms with Crippen molar-refractivity contribution in [2.75, 3.05) is 0 Å². The highest BCUT2D eigenvalue weighted by atomic mass is 35.5. The van der Waals surface area contributed by atoms with Gasteiger partial charge in [0.2, 0.25) is 0 Å². The van der Waals surface area contributed by atoms with Crippen LogP contribution in [0.3, 0.4) is 0 Å². The maximum atomic E-state index is 6.55. The number of alkyl halides is 1. The fraction of sp³-hybridized carbons (Fsp3) is 0.188. The van der Waals surface area contributed by atoms with Crippen LogP contribution in [0.1, 0.15) is 28.5 Å². The Bertz CT molecular complexity index is 508. The topological polar surface area (TPSA) is 12.9 Å². The average Bonchev–Trinajstić information content (AvgIpc) is 2.45. The van der Waals surface area contributed by atoms with Crippen molar-refractivity contribution < 1.29 is 0 Å². The lowest BCUT2D eigenvalue weighted by Crippen LogP contribution is -2.00. The summed E-state index contributed by atoms with van der Waals surface area (Å²) in [6, 6.07) is 12.1. The van der Waals surface area contributed by atoms with Crippen LogP contribution in [-0.4, -0.2) is 4.98 Å². The fourth-order valence-electron chi connectivity index (χ4n) is 1.95. The molecule has 1 unspecified atom stereocenters. The molecular weight excluding hydrogens is 242 g/mol. The highest BCUT2D eigenvalue weighted by Gasteiger charge is 2.14. The predicted octanol–water partition coefficient (Wildman–Crippen LogP) is 4.53. The van der Waals surface area contributed by atoms with Crippen LogP contribution in [0.25, 0.3) is 0 Å². The molecule has 18 heavy (non-hydrogen) atoms. The highest BCUT2D eigenvalue weighted by molar-refractivity contribution is 6.22. The Morgan fingerprint density at radius 1 is 1.22 bits per heavy atom. The molecule has 0 amide bonds. The zero-order valence-corrected chi connectivity index (χ0v) is 11.0. The Labute approximate surface area is 113 Å². The molecule has 1 nitrogen and oxygen atoms in total. The Balaban J connectivity index is 2.29. The van der Waals surface area contributed by atoms with Crippen molar-refractivity contribution >= 4 is 11.6 Å². The van der Waals surface area contributed by atoms with E-state index in [9.17, 15) is 0 Å². The first-order chi connectivity index (χ1) is 8.83. The van der Waals surface area contributed by atoms with Gasteiger partial charge in [0.05, 0.1) is 5.38 Å².